The molecule has 124 valence electrons. The van der Waals surface area contributed by atoms with Crippen molar-refractivity contribution in [2.75, 3.05) is 17.7 Å². The third-order valence-electron chi connectivity index (χ3n) is 3.39. The zero-order valence-electron chi connectivity index (χ0n) is 13.8. The average molecular weight is 332 g/mol. The van der Waals surface area contributed by atoms with Crippen molar-refractivity contribution in [3.05, 3.63) is 65.4 Å². The summed E-state index contributed by atoms with van der Waals surface area (Å²) < 4.78 is 5.21. The molecular weight excluding hydrogens is 316 g/mol. The number of anilines is 2. The molecule has 0 aliphatic rings. The van der Waals surface area contributed by atoms with Crippen LogP contribution in [0.4, 0.5) is 11.4 Å². The Morgan fingerprint density at radius 2 is 1.92 bits per heavy atom. The molecule has 2 aromatic carbocycles. The summed E-state index contributed by atoms with van der Waals surface area (Å²) >= 11 is 0. The molecule has 25 heavy (non-hydrogen) atoms. The standard InChI is InChI=1S/C19H16N4O2/c1-13-7-8-18(25-2)17(9-13)23-19(24)15(11-21)12-22-16-6-4-3-5-14(16)10-20/h3-9,12,22H,1-2H3,(H,23,24)/b15-12-. The number of methoxy groups -OCH3 is 1. The van der Waals surface area contributed by atoms with Gasteiger partial charge < -0.3 is 15.4 Å². The Kier molecular flexibility index (Phi) is 5.76. The molecule has 0 radical (unpaired) electrons. The van der Waals surface area contributed by atoms with Crippen molar-refractivity contribution in [3.8, 4) is 17.9 Å². The fourth-order valence-corrected chi connectivity index (χ4v) is 2.11. The second kappa shape index (κ2) is 8.19. The van der Waals surface area contributed by atoms with Gasteiger partial charge in [0.05, 0.1) is 24.0 Å². The van der Waals surface area contributed by atoms with Crippen LogP contribution in [0.5, 0.6) is 5.75 Å². The molecule has 0 fully saturated rings. The van der Waals surface area contributed by atoms with E-state index in [4.69, 9.17) is 10.00 Å². The highest BCUT2D eigenvalue weighted by Crippen LogP contribution is 2.25. The lowest BCUT2D eigenvalue weighted by Crippen LogP contribution is -2.15. The maximum atomic E-state index is 12.3. The van der Waals surface area contributed by atoms with E-state index in [1.807, 2.05) is 25.1 Å². The molecule has 0 spiro atoms. The number of amides is 1. The number of nitrogens with one attached hydrogen (secondary N) is 2. The maximum Gasteiger partial charge on any atom is 0.267 e. The first kappa shape index (κ1) is 17.6. The molecule has 2 aromatic rings. The Bertz CT molecular complexity index is 904. The summed E-state index contributed by atoms with van der Waals surface area (Å²) in [5, 5.41) is 23.8. The number of carbonyl (C=O) groups excluding carboxylic acids is 1. The Morgan fingerprint density at radius 3 is 2.60 bits per heavy atom. The Labute approximate surface area is 146 Å². The smallest absolute Gasteiger partial charge is 0.267 e. The summed E-state index contributed by atoms with van der Waals surface area (Å²) in [7, 11) is 1.50. The van der Waals surface area contributed by atoms with Gasteiger partial charge in [-0.1, -0.05) is 18.2 Å². The minimum atomic E-state index is -0.576. The first-order valence-corrected chi connectivity index (χ1v) is 7.41. The minimum absolute atomic E-state index is 0.128. The molecule has 6 heteroatoms. The van der Waals surface area contributed by atoms with Crippen molar-refractivity contribution >= 4 is 17.3 Å². The lowest BCUT2D eigenvalue weighted by atomic mass is 10.2. The van der Waals surface area contributed by atoms with Crippen LogP contribution >= 0.6 is 0 Å². The highest BCUT2D eigenvalue weighted by molar-refractivity contribution is 6.07. The molecular formula is C19H16N4O2. The highest BCUT2D eigenvalue weighted by atomic mass is 16.5. The number of benzene rings is 2. The Balaban J connectivity index is 2.21. The van der Waals surface area contributed by atoms with Gasteiger partial charge in [-0.15, -0.1) is 0 Å². The highest BCUT2D eigenvalue weighted by Gasteiger charge is 2.12. The van der Waals surface area contributed by atoms with E-state index in [0.717, 1.165) is 5.56 Å². The van der Waals surface area contributed by atoms with Gasteiger partial charge in [0.15, 0.2) is 0 Å². The van der Waals surface area contributed by atoms with Gasteiger partial charge >= 0.3 is 0 Å². The van der Waals surface area contributed by atoms with Crippen LogP contribution in [0.3, 0.4) is 0 Å². The zero-order valence-corrected chi connectivity index (χ0v) is 13.8. The number of hydrogen-bond acceptors (Lipinski definition) is 5. The maximum absolute atomic E-state index is 12.3. The van der Waals surface area contributed by atoms with Gasteiger partial charge in [-0.05, 0) is 36.8 Å². The zero-order chi connectivity index (χ0) is 18.2. The van der Waals surface area contributed by atoms with Crippen LogP contribution in [0.15, 0.2) is 54.2 Å². The van der Waals surface area contributed by atoms with Gasteiger partial charge in [-0.25, -0.2) is 0 Å². The van der Waals surface area contributed by atoms with Crippen LogP contribution < -0.4 is 15.4 Å². The van der Waals surface area contributed by atoms with E-state index in [1.165, 1.54) is 13.3 Å². The largest absolute Gasteiger partial charge is 0.495 e. The van der Waals surface area contributed by atoms with Crippen molar-refractivity contribution in [2.24, 2.45) is 0 Å². The normalized spacial score (nSPS) is 10.3. The molecule has 2 rings (SSSR count). The molecule has 0 aliphatic carbocycles. The molecule has 0 aromatic heterocycles. The SMILES string of the molecule is COc1ccc(C)cc1NC(=O)/C(C#N)=C\Nc1ccccc1C#N. The predicted molar refractivity (Wildman–Crippen MR) is 94.8 cm³/mol. The lowest BCUT2D eigenvalue weighted by molar-refractivity contribution is -0.112. The summed E-state index contributed by atoms with van der Waals surface area (Å²) in [6, 6.07) is 16.0. The van der Waals surface area contributed by atoms with Gasteiger partial charge in [-0.2, -0.15) is 10.5 Å². The van der Waals surface area contributed by atoms with Crippen molar-refractivity contribution < 1.29 is 9.53 Å². The number of ether oxygens (including phenoxy) is 1. The van der Waals surface area contributed by atoms with E-state index >= 15 is 0 Å². The van der Waals surface area contributed by atoms with E-state index in [2.05, 4.69) is 10.6 Å². The van der Waals surface area contributed by atoms with Gasteiger partial charge in [0.1, 0.15) is 23.5 Å². The topological polar surface area (TPSA) is 97.9 Å². The third-order valence-corrected chi connectivity index (χ3v) is 3.39. The Hall–Kier alpha value is -3.77. The number of hydrogen-bond donors (Lipinski definition) is 2. The second-order valence-corrected chi connectivity index (χ2v) is 5.13. The summed E-state index contributed by atoms with van der Waals surface area (Å²) in [4.78, 5) is 12.3. The van der Waals surface area contributed by atoms with Crippen LogP contribution in [0, 0.1) is 29.6 Å². The molecule has 6 nitrogen and oxygen atoms in total. The summed E-state index contributed by atoms with van der Waals surface area (Å²) in [5.41, 5.74) is 2.22. The van der Waals surface area contributed by atoms with Crippen molar-refractivity contribution in [2.45, 2.75) is 6.92 Å². The predicted octanol–water partition coefficient (Wildman–Crippen LogP) is 3.33. The molecule has 0 saturated carbocycles. The number of rotatable bonds is 5. The van der Waals surface area contributed by atoms with Gasteiger partial charge in [0, 0.05) is 6.20 Å². The molecule has 2 N–H and O–H groups in total. The summed E-state index contributed by atoms with van der Waals surface area (Å²) in [6.07, 6.45) is 1.27. The molecule has 0 atom stereocenters. The van der Waals surface area contributed by atoms with Crippen molar-refractivity contribution in [1.82, 2.24) is 0 Å². The molecule has 0 saturated heterocycles. The summed E-state index contributed by atoms with van der Waals surface area (Å²) in [5.74, 6) is -0.0765. The first-order valence-electron chi connectivity index (χ1n) is 7.41. The van der Waals surface area contributed by atoms with E-state index in [0.29, 0.717) is 22.7 Å². The van der Waals surface area contributed by atoms with Crippen molar-refractivity contribution in [1.29, 1.82) is 10.5 Å². The number of aryl methyl sites for hydroxylation is 1. The van der Waals surface area contributed by atoms with E-state index in [-0.39, 0.29) is 5.57 Å². The Morgan fingerprint density at radius 1 is 1.16 bits per heavy atom. The van der Waals surface area contributed by atoms with Crippen LogP contribution in [0.1, 0.15) is 11.1 Å². The monoisotopic (exact) mass is 332 g/mol. The molecule has 0 heterocycles. The van der Waals surface area contributed by atoms with E-state index in [1.54, 1.807) is 36.4 Å². The van der Waals surface area contributed by atoms with E-state index < -0.39 is 5.91 Å². The minimum Gasteiger partial charge on any atom is -0.495 e. The van der Waals surface area contributed by atoms with Gasteiger partial charge in [0.2, 0.25) is 0 Å². The number of nitrogens with zero attached hydrogens (tertiary/aromatic N) is 2. The van der Waals surface area contributed by atoms with Gasteiger partial charge in [-0.3, -0.25) is 4.79 Å². The van der Waals surface area contributed by atoms with Crippen LogP contribution in [-0.2, 0) is 4.79 Å². The molecule has 0 aliphatic heterocycles. The lowest BCUT2D eigenvalue weighted by Gasteiger charge is -2.11. The number of nitriles is 2. The fraction of sp³-hybridized carbons (Fsp3) is 0.105. The molecule has 0 bridgehead atoms. The van der Waals surface area contributed by atoms with Crippen LogP contribution in [0.25, 0.3) is 0 Å². The fourth-order valence-electron chi connectivity index (χ4n) is 2.11. The molecule has 1 amide bonds. The number of para-hydroxylation sites is 1. The van der Waals surface area contributed by atoms with Gasteiger partial charge in [0.25, 0.3) is 5.91 Å². The molecule has 0 unspecified atom stereocenters. The first-order chi connectivity index (χ1) is 12.1. The average Bonchev–Trinajstić information content (AvgIpc) is 2.62. The summed E-state index contributed by atoms with van der Waals surface area (Å²) in [6.45, 7) is 1.89. The second-order valence-electron chi connectivity index (χ2n) is 5.13. The van der Waals surface area contributed by atoms with E-state index in [9.17, 15) is 10.1 Å². The van der Waals surface area contributed by atoms with Crippen LogP contribution in [0.2, 0.25) is 0 Å². The third kappa shape index (κ3) is 4.37. The van der Waals surface area contributed by atoms with Crippen molar-refractivity contribution in [3.63, 3.8) is 0 Å². The van der Waals surface area contributed by atoms with Crippen LogP contribution in [-0.4, -0.2) is 13.0 Å². The number of carbonyl (C=O) groups is 1. The quantitative estimate of drug-likeness (QED) is 0.646.